The number of anilines is 1. The summed E-state index contributed by atoms with van der Waals surface area (Å²) in [7, 11) is -3.33. The third-order valence-electron chi connectivity index (χ3n) is 2.20. The van der Waals surface area contributed by atoms with Gasteiger partial charge in [0.15, 0.2) is 11.5 Å². The maximum Gasteiger partial charge on any atom is 0.358 e. The second-order valence-corrected chi connectivity index (χ2v) is 5.58. The van der Waals surface area contributed by atoms with Gasteiger partial charge in [-0.2, -0.15) is 0 Å². The zero-order chi connectivity index (χ0) is 14.0. The number of rotatable bonds is 4. The second-order valence-electron chi connectivity index (χ2n) is 3.83. The van der Waals surface area contributed by atoms with Crippen molar-refractivity contribution in [3.05, 3.63) is 36.0 Å². The number of sulfonamides is 1. The fourth-order valence-corrected chi connectivity index (χ4v) is 1.99. The lowest BCUT2D eigenvalue weighted by Crippen LogP contribution is -2.09. The molecule has 0 aliphatic heterocycles. The molecule has 0 spiro atoms. The van der Waals surface area contributed by atoms with Gasteiger partial charge in [-0.25, -0.2) is 13.2 Å². The second kappa shape index (κ2) is 4.73. The number of benzene rings is 1. The lowest BCUT2D eigenvalue weighted by atomic mass is 10.1. The highest BCUT2D eigenvalue weighted by Crippen LogP contribution is 2.22. The fourth-order valence-electron chi connectivity index (χ4n) is 1.43. The highest BCUT2D eigenvalue weighted by Gasteiger charge is 2.12. The molecule has 2 rings (SSSR count). The minimum atomic E-state index is -3.33. The minimum absolute atomic E-state index is 0.187. The van der Waals surface area contributed by atoms with Crippen LogP contribution in [0.4, 0.5) is 5.69 Å². The van der Waals surface area contributed by atoms with Crippen LogP contribution in [-0.4, -0.2) is 30.9 Å². The van der Waals surface area contributed by atoms with Gasteiger partial charge in [0, 0.05) is 17.3 Å². The number of carbonyl (C=O) groups is 1. The Balaban J connectivity index is 2.24. The zero-order valence-electron chi connectivity index (χ0n) is 9.82. The Morgan fingerprint density at radius 2 is 1.95 bits per heavy atom. The summed E-state index contributed by atoms with van der Waals surface area (Å²) in [6, 6.07) is 7.57. The molecule has 2 N–H and O–H groups in total. The van der Waals surface area contributed by atoms with Crippen LogP contribution in [0.3, 0.4) is 0 Å². The van der Waals surface area contributed by atoms with Gasteiger partial charge in [0.2, 0.25) is 10.0 Å². The third kappa shape index (κ3) is 3.32. The number of nitrogens with zero attached hydrogens (tertiary/aromatic N) is 1. The lowest BCUT2D eigenvalue weighted by molar-refractivity contribution is 0.0686. The number of hydrogen-bond acceptors (Lipinski definition) is 5. The highest BCUT2D eigenvalue weighted by atomic mass is 32.2. The Labute approximate surface area is 108 Å². The predicted octanol–water partition coefficient (Wildman–Crippen LogP) is 1.41. The summed E-state index contributed by atoms with van der Waals surface area (Å²) in [6.07, 6.45) is 1.05. The van der Waals surface area contributed by atoms with Crippen LogP contribution in [0, 0.1) is 0 Å². The van der Waals surface area contributed by atoms with Gasteiger partial charge in [-0.05, 0) is 24.3 Å². The molecule has 0 fully saturated rings. The SMILES string of the molecule is CS(=O)(=O)Nc1ccc(-c2cc(C(=O)O)no2)cc1. The maximum atomic E-state index is 11.0. The molecule has 1 heterocycles. The van der Waals surface area contributed by atoms with E-state index in [0.29, 0.717) is 17.0 Å². The standard InChI is InChI=1S/C11H10N2O5S/c1-19(16,17)13-8-4-2-7(3-5-8)10-6-9(11(14)15)12-18-10/h2-6,13H,1H3,(H,14,15). The first-order chi connectivity index (χ1) is 8.85. The van der Waals surface area contributed by atoms with Crippen LogP contribution in [-0.2, 0) is 10.0 Å². The Bertz CT molecular complexity index is 703. The predicted molar refractivity (Wildman–Crippen MR) is 67.4 cm³/mol. The molecule has 2 aromatic rings. The van der Waals surface area contributed by atoms with Gasteiger partial charge in [-0.1, -0.05) is 5.16 Å². The highest BCUT2D eigenvalue weighted by molar-refractivity contribution is 7.92. The van der Waals surface area contributed by atoms with Gasteiger partial charge in [0.1, 0.15) is 0 Å². The summed E-state index contributed by atoms with van der Waals surface area (Å²) in [5, 5.41) is 12.1. The van der Waals surface area contributed by atoms with E-state index >= 15 is 0 Å². The zero-order valence-corrected chi connectivity index (χ0v) is 10.6. The van der Waals surface area contributed by atoms with Crippen molar-refractivity contribution in [3.63, 3.8) is 0 Å². The number of carboxylic acids is 1. The Morgan fingerprint density at radius 3 is 2.42 bits per heavy atom. The topological polar surface area (TPSA) is 110 Å². The Hall–Kier alpha value is -2.35. The third-order valence-corrected chi connectivity index (χ3v) is 2.81. The van der Waals surface area contributed by atoms with E-state index in [-0.39, 0.29) is 5.69 Å². The summed E-state index contributed by atoms with van der Waals surface area (Å²) in [4.78, 5) is 10.7. The molecule has 8 heteroatoms. The van der Waals surface area contributed by atoms with E-state index in [9.17, 15) is 13.2 Å². The van der Waals surface area contributed by atoms with Gasteiger partial charge >= 0.3 is 5.97 Å². The van der Waals surface area contributed by atoms with E-state index in [1.807, 2.05) is 0 Å². The fraction of sp³-hybridized carbons (Fsp3) is 0.0909. The molecule has 0 atom stereocenters. The summed E-state index contributed by atoms with van der Waals surface area (Å²) in [5.74, 6) is -0.881. The molecular weight excluding hydrogens is 272 g/mol. The van der Waals surface area contributed by atoms with Crippen LogP contribution in [0.5, 0.6) is 0 Å². The van der Waals surface area contributed by atoms with E-state index < -0.39 is 16.0 Å². The van der Waals surface area contributed by atoms with Gasteiger partial charge in [0.05, 0.1) is 6.26 Å². The molecule has 19 heavy (non-hydrogen) atoms. The molecule has 0 aliphatic carbocycles. The summed E-state index contributed by atoms with van der Waals surface area (Å²) < 4.78 is 29.3. The number of nitrogens with one attached hydrogen (secondary N) is 1. The van der Waals surface area contributed by atoms with E-state index in [1.165, 1.54) is 6.07 Å². The van der Waals surface area contributed by atoms with Gasteiger partial charge < -0.3 is 9.63 Å². The van der Waals surface area contributed by atoms with Crippen molar-refractivity contribution in [2.24, 2.45) is 0 Å². The van der Waals surface area contributed by atoms with E-state index in [1.54, 1.807) is 24.3 Å². The Morgan fingerprint density at radius 1 is 1.32 bits per heavy atom. The summed E-state index contributed by atoms with van der Waals surface area (Å²) in [5.41, 5.74) is 0.816. The molecule has 0 amide bonds. The maximum absolute atomic E-state index is 11.0. The molecule has 0 bridgehead atoms. The van der Waals surface area contributed by atoms with Crippen molar-refractivity contribution in [2.45, 2.75) is 0 Å². The van der Waals surface area contributed by atoms with Gasteiger partial charge in [-0.3, -0.25) is 4.72 Å². The van der Waals surface area contributed by atoms with Crippen LogP contribution >= 0.6 is 0 Å². The smallest absolute Gasteiger partial charge is 0.358 e. The molecular formula is C11H10N2O5S. The molecule has 0 radical (unpaired) electrons. The normalized spacial score (nSPS) is 11.2. The number of aromatic carboxylic acids is 1. The molecule has 0 aliphatic rings. The molecule has 0 unspecified atom stereocenters. The first-order valence-electron chi connectivity index (χ1n) is 5.13. The van der Waals surface area contributed by atoms with Crippen molar-refractivity contribution in [2.75, 3.05) is 11.0 Å². The van der Waals surface area contributed by atoms with Gasteiger partial charge in [-0.15, -0.1) is 0 Å². The first-order valence-corrected chi connectivity index (χ1v) is 7.02. The Kier molecular flexibility index (Phi) is 3.26. The van der Waals surface area contributed by atoms with Gasteiger partial charge in [0.25, 0.3) is 0 Å². The summed E-state index contributed by atoms with van der Waals surface area (Å²) in [6.45, 7) is 0. The van der Waals surface area contributed by atoms with Crippen molar-refractivity contribution < 1.29 is 22.8 Å². The number of carboxylic acid groups (broad SMARTS) is 1. The van der Waals surface area contributed by atoms with E-state index in [2.05, 4.69) is 9.88 Å². The first kappa shape index (κ1) is 13.1. The molecule has 7 nitrogen and oxygen atoms in total. The van der Waals surface area contributed by atoms with Crippen molar-refractivity contribution >= 4 is 21.7 Å². The molecule has 100 valence electrons. The number of hydrogen-bond donors (Lipinski definition) is 2. The van der Waals surface area contributed by atoms with Crippen LogP contribution in [0.2, 0.25) is 0 Å². The average Bonchev–Trinajstić information content (AvgIpc) is 2.77. The molecule has 0 saturated heterocycles. The van der Waals surface area contributed by atoms with Crippen molar-refractivity contribution in [1.29, 1.82) is 0 Å². The lowest BCUT2D eigenvalue weighted by Gasteiger charge is -2.03. The van der Waals surface area contributed by atoms with Crippen molar-refractivity contribution in [1.82, 2.24) is 5.16 Å². The average molecular weight is 282 g/mol. The quantitative estimate of drug-likeness (QED) is 0.877. The summed E-state index contributed by atoms with van der Waals surface area (Å²) >= 11 is 0. The van der Waals surface area contributed by atoms with Crippen molar-refractivity contribution in [3.8, 4) is 11.3 Å². The van der Waals surface area contributed by atoms with Crippen LogP contribution in [0.15, 0.2) is 34.9 Å². The van der Waals surface area contributed by atoms with E-state index in [0.717, 1.165) is 6.26 Å². The minimum Gasteiger partial charge on any atom is -0.476 e. The van der Waals surface area contributed by atoms with Crippen LogP contribution in [0.1, 0.15) is 10.5 Å². The number of aromatic nitrogens is 1. The monoisotopic (exact) mass is 282 g/mol. The molecule has 1 aromatic heterocycles. The van der Waals surface area contributed by atoms with Crippen LogP contribution in [0.25, 0.3) is 11.3 Å². The molecule has 0 saturated carbocycles. The largest absolute Gasteiger partial charge is 0.476 e. The van der Waals surface area contributed by atoms with E-state index in [4.69, 9.17) is 9.63 Å². The molecule has 1 aromatic carbocycles. The van der Waals surface area contributed by atoms with Crippen LogP contribution < -0.4 is 4.72 Å².